The number of hydrogen-bond donors (Lipinski definition) is 3. The molecule has 0 aromatic heterocycles. The van der Waals surface area contributed by atoms with Crippen molar-refractivity contribution in [2.45, 2.75) is 51.5 Å². The standard InChI is InChI=1S/C23H33ClN2O3/c1-15(13-27)25-4-5-29-19-2-3-21(24)20(9-19)22(28)26-14-23-10-16-6-17(11-23)8-18(7-16)12-23/h2-3,9,15-18,25,27H,4-8,10-14H2,1H3,(H,26,28). The van der Waals surface area contributed by atoms with E-state index in [0.29, 0.717) is 34.9 Å². The van der Waals surface area contributed by atoms with Gasteiger partial charge in [-0.3, -0.25) is 4.79 Å². The Bertz CT molecular complexity index is 704. The first kappa shape index (κ1) is 21.0. The summed E-state index contributed by atoms with van der Waals surface area (Å²) >= 11 is 6.31. The summed E-state index contributed by atoms with van der Waals surface area (Å²) in [5, 5.41) is 15.8. The average molecular weight is 421 g/mol. The molecule has 0 spiro atoms. The fourth-order valence-corrected chi connectivity index (χ4v) is 6.38. The van der Waals surface area contributed by atoms with E-state index in [0.717, 1.165) is 24.3 Å². The van der Waals surface area contributed by atoms with Gasteiger partial charge in [0.15, 0.2) is 0 Å². The van der Waals surface area contributed by atoms with Crippen LogP contribution in [0.5, 0.6) is 5.75 Å². The smallest absolute Gasteiger partial charge is 0.252 e. The highest BCUT2D eigenvalue weighted by Crippen LogP contribution is 2.59. The number of halogens is 1. The highest BCUT2D eigenvalue weighted by Gasteiger charge is 2.50. The van der Waals surface area contributed by atoms with Crippen molar-refractivity contribution in [3.8, 4) is 5.75 Å². The molecule has 4 aliphatic rings. The van der Waals surface area contributed by atoms with Gasteiger partial charge in [-0.05, 0) is 86.8 Å². The minimum absolute atomic E-state index is 0.0368. The molecule has 5 nitrogen and oxygen atoms in total. The van der Waals surface area contributed by atoms with Gasteiger partial charge in [-0.15, -0.1) is 0 Å². The van der Waals surface area contributed by atoms with Crippen LogP contribution in [0.15, 0.2) is 18.2 Å². The van der Waals surface area contributed by atoms with E-state index in [-0.39, 0.29) is 18.6 Å². The maximum Gasteiger partial charge on any atom is 0.252 e. The molecule has 0 aliphatic heterocycles. The Morgan fingerprint density at radius 1 is 1.24 bits per heavy atom. The molecule has 1 aromatic carbocycles. The number of hydrogen-bond acceptors (Lipinski definition) is 4. The number of rotatable bonds is 9. The largest absolute Gasteiger partial charge is 0.492 e. The van der Waals surface area contributed by atoms with Crippen LogP contribution in [0.1, 0.15) is 55.8 Å². The number of carbonyl (C=O) groups excluding carboxylic acids is 1. The summed E-state index contributed by atoms with van der Waals surface area (Å²) < 4.78 is 5.74. The van der Waals surface area contributed by atoms with Crippen molar-refractivity contribution in [1.82, 2.24) is 10.6 Å². The second-order valence-electron chi connectivity index (χ2n) is 9.63. The third kappa shape index (κ3) is 4.89. The highest BCUT2D eigenvalue weighted by molar-refractivity contribution is 6.33. The number of nitrogens with one attached hydrogen (secondary N) is 2. The molecule has 4 fully saturated rings. The molecule has 1 amide bonds. The lowest BCUT2D eigenvalue weighted by Gasteiger charge is -2.56. The fraction of sp³-hybridized carbons (Fsp3) is 0.696. The van der Waals surface area contributed by atoms with E-state index in [1.54, 1.807) is 18.2 Å². The lowest BCUT2D eigenvalue weighted by atomic mass is 9.49. The van der Waals surface area contributed by atoms with E-state index in [1.807, 2.05) is 6.92 Å². The van der Waals surface area contributed by atoms with Crippen molar-refractivity contribution in [2.75, 3.05) is 26.3 Å². The molecular formula is C23H33ClN2O3. The molecule has 5 rings (SSSR count). The van der Waals surface area contributed by atoms with Gasteiger partial charge >= 0.3 is 0 Å². The Kier molecular flexibility index (Phi) is 6.38. The van der Waals surface area contributed by atoms with Crippen LogP contribution in [0, 0.1) is 23.2 Å². The molecule has 1 atom stereocenters. The van der Waals surface area contributed by atoms with Crippen LogP contribution in [-0.2, 0) is 0 Å². The Hall–Kier alpha value is -1.30. The summed E-state index contributed by atoms with van der Waals surface area (Å²) in [6, 6.07) is 5.27. The van der Waals surface area contributed by atoms with Crippen LogP contribution in [0.4, 0.5) is 0 Å². The lowest BCUT2D eigenvalue weighted by molar-refractivity contribution is -0.0503. The van der Waals surface area contributed by atoms with Crippen LogP contribution in [0.3, 0.4) is 0 Å². The summed E-state index contributed by atoms with van der Waals surface area (Å²) in [5.74, 6) is 3.15. The summed E-state index contributed by atoms with van der Waals surface area (Å²) in [7, 11) is 0. The fourth-order valence-electron chi connectivity index (χ4n) is 6.18. The third-order valence-electron chi connectivity index (χ3n) is 7.11. The second-order valence-corrected chi connectivity index (χ2v) is 10.0. The summed E-state index contributed by atoms with van der Waals surface area (Å²) in [6.45, 7) is 3.85. The molecule has 3 N–H and O–H groups in total. The highest BCUT2D eigenvalue weighted by atomic mass is 35.5. The Morgan fingerprint density at radius 2 is 1.90 bits per heavy atom. The second kappa shape index (κ2) is 8.83. The predicted molar refractivity (Wildman–Crippen MR) is 114 cm³/mol. The van der Waals surface area contributed by atoms with E-state index < -0.39 is 0 Å². The van der Waals surface area contributed by atoms with Crippen molar-refractivity contribution >= 4 is 17.5 Å². The lowest BCUT2D eigenvalue weighted by Crippen LogP contribution is -2.51. The molecule has 0 heterocycles. The number of aliphatic hydroxyl groups excluding tert-OH is 1. The SMILES string of the molecule is CC(CO)NCCOc1ccc(Cl)c(C(=O)NCC23CC4CC(CC(C4)C2)C3)c1. The maximum absolute atomic E-state index is 12.9. The number of carbonyl (C=O) groups is 1. The van der Waals surface area contributed by atoms with Crippen LogP contribution < -0.4 is 15.4 Å². The van der Waals surface area contributed by atoms with Gasteiger partial charge in [-0.2, -0.15) is 0 Å². The number of aliphatic hydroxyl groups is 1. The van der Waals surface area contributed by atoms with Crippen molar-refractivity contribution in [3.63, 3.8) is 0 Å². The van der Waals surface area contributed by atoms with E-state index >= 15 is 0 Å². The maximum atomic E-state index is 12.9. The van der Waals surface area contributed by atoms with Crippen molar-refractivity contribution in [3.05, 3.63) is 28.8 Å². The molecule has 0 radical (unpaired) electrons. The Labute approximate surface area is 178 Å². The Balaban J connectivity index is 1.32. The van der Waals surface area contributed by atoms with Crippen LogP contribution >= 0.6 is 11.6 Å². The predicted octanol–water partition coefficient (Wildman–Crippen LogP) is 3.64. The number of benzene rings is 1. The normalized spacial score (nSPS) is 30.9. The van der Waals surface area contributed by atoms with Crippen LogP contribution in [-0.4, -0.2) is 43.4 Å². The van der Waals surface area contributed by atoms with Gasteiger partial charge in [0, 0.05) is 19.1 Å². The van der Waals surface area contributed by atoms with E-state index in [1.165, 1.54) is 38.5 Å². The molecular weight excluding hydrogens is 388 g/mol. The number of ether oxygens (including phenoxy) is 1. The molecule has 0 saturated heterocycles. The van der Waals surface area contributed by atoms with E-state index in [4.69, 9.17) is 21.4 Å². The molecule has 1 aromatic rings. The van der Waals surface area contributed by atoms with E-state index in [2.05, 4.69) is 10.6 Å². The van der Waals surface area contributed by atoms with Crippen LogP contribution in [0.2, 0.25) is 5.02 Å². The van der Waals surface area contributed by atoms with Gasteiger partial charge in [-0.1, -0.05) is 11.6 Å². The van der Waals surface area contributed by atoms with Gasteiger partial charge in [-0.25, -0.2) is 0 Å². The monoisotopic (exact) mass is 420 g/mol. The van der Waals surface area contributed by atoms with Gasteiger partial charge in [0.05, 0.1) is 17.2 Å². The topological polar surface area (TPSA) is 70.6 Å². The Morgan fingerprint density at radius 3 is 2.52 bits per heavy atom. The molecule has 1 unspecified atom stereocenters. The molecule has 4 bridgehead atoms. The zero-order valence-electron chi connectivity index (χ0n) is 17.3. The molecule has 4 aliphatic carbocycles. The minimum atomic E-state index is -0.108. The third-order valence-corrected chi connectivity index (χ3v) is 7.44. The van der Waals surface area contributed by atoms with Crippen molar-refractivity contribution in [1.29, 1.82) is 0 Å². The molecule has 4 saturated carbocycles. The summed E-state index contributed by atoms with van der Waals surface area (Å²) in [5.41, 5.74) is 0.783. The van der Waals surface area contributed by atoms with Crippen molar-refractivity contribution in [2.24, 2.45) is 23.2 Å². The quantitative estimate of drug-likeness (QED) is 0.533. The first-order chi connectivity index (χ1) is 14.0. The first-order valence-electron chi connectivity index (χ1n) is 11.0. The average Bonchev–Trinajstić information content (AvgIpc) is 2.69. The van der Waals surface area contributed by atoms with E-state index in [9.17, 15) is 4.79 Å². The number of amides is 1. The van der Waals surface area contributed by atoms with Crippen LogP contribution in [0.25, 0.3) is 0 Å². The first-order valence-corrected chi connectivity index (χ1v) is 11.4. The van der Waals surface area contributed by atoms with Gasteiger partial charge < -0.3 is 20.5 Å². The van der Waals surface area contributed by atoms with Gasteiger partial charge in [0.1, 0.15) is 12.4 Å². The molecule has 160 valence electrons. The minimum Gasteiger partial charge on any atom is -0.492 e. The summed E-state index contributed by atoms with van der Waals surface area (Å²) in [6.07, 6.45) is 8.04. The zero-order chi connectivity index (χ0) is 20.4. The molecule has 29 heavy (non-hydrogen) atoms. The van der Waals surface area contributed by atoms with Gasteiger partial charge in [0.2, 0.25) is 0 Å². The summed E-state index contributed by atoms with van der Waals surface area (Å²) in [4.78, 5) is 12.9. The molecule has 6 heteroatoms. The zero-order valence-corrected chi connectivity index (χ0v) is 18.0. The van der Waals surface area contributed by atoms with Crippen molar-refractivity contribution < 1.29 is 14.6 Å². The van der Waals surface area contributed by atoms with Gasteiger partial charge in [0.25, 0.3) is 5.91 Å².